The minimum absolute atomic E-state index is 0.00342. The molecule has 2 rings (SSSR count). The number of hydrogen-bond acceptors (Lipinski definition) is 7. The summed E-state index contributed by atoms with van der Waals surface area (Å²) < 4.78 is 14.7. The van der Waals surface area contributed by atoms with Gasteiger partial charge >= 0.3 is 17.9 Å². The maximum atomic E-state index is 11.9. The number of fused-ring (bicyclic) bond motifs is 2. The third-order valence-corrected chi connectivity index (χ3v) is 5.24. The highest BCUT2D eigenvalue weighted by molar-refractivity contribution is 9.09. The second-order valence-electron chi connectivity index (χ2n) is 6.57. The Morgan fingerprint density at radius 3 is 1.85 bits per heavy atom. The number of piperidine rings is 2. The third kappa shape index (κ3) is 8.17. The van der Waals surface area contributed by atoms with E-state index in [0.717, 1.165) is 25.7 Å². The van der Waals surface area contributed by atoms with Crippen molar-refractivity contribution in [1.29, 1.82) is 0 Å². The van der Waals surface area contributed by atoms with Gasteiger partial charge in [0.2, 0.25) is 0 Å². The van der Waals surface area contributed by atoms with Gasteiger partial charge in [-0.2, -0.15) is 0 Å². The lowest BCUT2D eigenvalue weighted by molar-refractivity contribution is -0.154. The molecule has 0 aromatic heterocycles. The van der Waals surface area contributed by atoms with Crippen molar-refractivity contribution in [3.63, 3.8) is 0 Å². The van der Waals surface area contributed by atoms with Crippen LogP contribution in [0.15, 0.2) is 0 Å². The van der Waals surface area contributed by atoms with Crippen molar-refractivity contribution in [2.24, 2.45) is 5.92 Å². The van der Waals surface area contributed by atoms with Gasteiger partial charge in [0.05, 0.1) is 32.3 Å². The molecule has 2 aliphatic heterocycles. The fourth-order valence-electron chi connectivity index (χ4n) is 3.74. The van der Waals surface area contributed by atoms with E-state index in [1.165, 1.54) is 6.42 Å². The fraction of sp³-hybridized carbons (Fsp3) is 0.842. The van der Waals surface area contributed by atoms with Crippen molar-refractivity contribution >= 4 is 33.8 Å². The largest absolute Gasteiger partial charge is 0.466 e. The van der Waals surface area contributed by atoms with Gasteiger partial charge in [0.25, 0.3) is 0 Å². The van der Waals surface area contributed by atoms with E-state index < -0.39 is 0 Å². The Bertz CT molecular complexity index is 473. The van der Waals surface area contributed by atoms with Crippen molar-refractivity contribution in [1.82, 2.24) is 4.90 Å². The van der Waals surface area contributed by atoms with Crippen LogP contribution in [0.4, 0.5) is 0 Å². The molecule has 2 unspecified atom stereocenters. The van der Waals surface area contributed by atoms with Crippen molar-refractivity contribution in [3.05, 3.63) is 0 Å². The molecule has 0 N–H and O–H groups in total. The Morgan fingerprint density at radius 2 is 1.41 bits per heavy atom. The number of halogens is 1. The maximum Gasteiger partial charge on any atom is 0.320 e. The molecule has 7 nitrogen and oxygen atoms in total. The number of esters is 3. The first kappa shape index (κ1) is 23.9. The summed E-state index contributed by atoms with van der Waals surface area (Å²) >= 11 is 2.94. The van der Waals surface area contributed by atoms with Crippen LogP contribution in [0.1, 0.15) is 52.9 Å². The van der Waals surface area contributed by atoms with Gasteiger partial charge in [-0.05, 0) is 46.5 Å². The van der Waals surface area contributed by atoms with Crippen molar-refractivity contribution < 1.29 is 28.6 Å². The Morgan fingerprint density at radius 1 is 0.889 bits per heavy atom. The van der Waals surface area contributed by atoms with E-state index in [4.69, 9.17) is 9.47 Å². The monoisotopic (exact) mass is 449 g/mol. The molecule has 27 heavy (non-hydrogen) atoms. The summed E-state index contributed by atoms with van der Waals surface area (Å²) in [5.74, 6) is -0.426. The number of carbonyl (C=O) groups excluding carboxylic acids is 3. The number of rotatable bonds is 7. The minimum atomic E-state index is -0.206. The standard InChI is InChI=1S/C15H25NO4.C4H7BrO2/c1-3-19-14(17)10-16-12-6-5-7-13(16)9-11(8-12)15(18)20-4-2;1-2-7-4(6)3-5/h11-13H,3-10H2,1-2H3;2-3H2,1H3. The minimum Gasteiger partial charge on any atom is -0.466 e. The van der Waals surface area contributed by atoms with Crippen LogP contribution >= 0.6 is 15.9 Å². The smallest absolute Gasteiger partial charge is 0.320 e. The summed E-state index contributed by atoms with van der Waals surface area (Å²) in [7, 11) is 0. The van der Waals surface area contributed by atoms with E-state index in [-0.39, 0.29) is 23.8 Å². The molecule has 2 atom stereocenters. The topological polar surface area (TPSA) is 82.1 Å². The zero-order chi connectivity index (χ0) is 20.2. The quantitative estimate of drug-likeness (QED) is 0.335. The molecule has 156 valence electrons. The summed E-state index contributed by atoms with van der Waals surface area (Å²) in [6, 6.07) is 0.641. The molecule has 8 heteroatoms. The van der Waals surface area contributed by atoms with Gasteiger partial charge in [-0.15, -0.1) is 0 Å². The lowest BCUT2D eigenvalue weighted by Gasteiger charge is -2.47. The van der Waals surface area contributed by atoms with Crippen LogP contribution in [0.25, 0.3) is 0 Å². The van der Waals surface area contributed by atoms with E-state index >= 15 is 0 Å². The molecule has 2 heterocycles. The van der Waals surface area contributed by atoms with Crippen LogP contribution in [0.5, 0.6) is 0 Å². The van der Waals surface area contributed by atoms with Crippen molar-refractivity contribution in [3.8, 4) is 0 Å². The lowest BCUT2D eigenvalue weighted by atomic mass is 9.78. The number of alkyl halides is 1. The number of nitrogens with zero attached hydrogens (tertiary/aromatic N) is 1. The molecular weight excluding hydrogens is 418 g/mol. The second-order valence-corrected chi connectivity index (χ2v) is 7.14. The molecule has 2 aliphatic rings. The lowest BCUT2D eigenvalue weighted by Crippen LogP contribution is -2.55. The normalized spacial score (nSPS) is 24.2. The predicted octanol–water partition coefficient (Wildman–Crippen LogP) is 2.69. The molecule has 0 saturated carbocycles. The van der Waals surface area contributed by atoms with Crippen LogP contribution in [0.2, 0.25) is 0 Å². The molecule has 0 aromatic carbocycles. The third-order valence-electron chi connectivity index (χ3n) is 4.78. The van der Waals surface area contributed by atoms with Gasteiger partial charge in [0.1, 0.15) is 5.33 Å². The molecule has 2 saturated heterocycles. The van der Waals surface area contributed by atoms with Gasteiger partial charge in [0, 0.05) is 12.1 Å². The molecule has 2 bridgehead atoms. The van der Waals surface area contributed by atoms with E-state index in [2.05, 4.69) is 25.6 Å². The van der Waals surface area contributed by atoms with Gasteiger partial charge in [0.15, 0.2) is 0 Å². The van der Waals surface area contributed by atoms with Gasteiger partial charge in [-0.25, -0.2) is 0 Å². The summed E-state index contributed by atoms with van der Waals surface area (Å²) in [4.78, 5) is 36.0. The molecule has 0 aromatic rings. The summed E-state index contributed by atoms with van der Waals surface area (Å²) in [5.41, 5.74) is 0. The van der Waals surface area contributed by atoms with Crippen LogP contribution in [-0.2, 0) is 28.6 Å². The Kier molecular flexibility index (Phi) is 11.6. The molecular formula is C19H32BrNO6. The Balaban J connectivity index is 0.000000445. The molecule has 2 fully saturated rings. The van der Waals surface area contributed by atoms with E-state index in [1.54, 1.807) is 6.92 Å². The van der Waals surface area contributed by atoms with Gasteiger partial charge < -0.3 is 14.2 Å². The highest BCUT2D eigenvalue weighted by atomic mass is 79.9. The van der Waals surface area contributed by atoms with Gasteiger partial charge in [-0.3, -0.25) is 19.3 Å². The zero-order valence-electron chi connectivity index (χ0n) is 16.6. The van der Waals surface area contributed by atoms with Crippen LogP contribution in [0.3, 0.4) is 0 Å². The van der Waals surface area contributed by atoms with Crippen molar-refractivity contribution in [2.75, 3.05) is 31.7 Å². The molecule has 0 spiro atoms. The first-order valence-corrected chi connectivity index (χ1v) is 10.9. The first-order chi connectivity index (χ1) is 13.0. The van der Waals surface area contributed by atoms with E-state index in [0.29, 0.717) is 43.8 Å². The second kappa shape index (κ2) is 13.1. The van der Waals surface area contributed by atoms with Crippen LogP contribution in [0, 0.1) is 5.92 Å². The molecule has 0 radical (unpaired) electrons. The number of carbonyl (C=O) groups is 3. The number of hydrogen-bond donors (Lipinski definition) is 0. The first-order valence-electron chi connectivity index (χ1n) is 9.76. The summed E-state index contributed by atoms with van der Waals surface area (Å²) in [6.45, 7) is 7.13. The zero-order valence-corrected chi connectivity index (χ0v) is 18.2. The van der Waals surface area contributed by atoms with E-state index in [9.17, 15) is 14.4 Å². The van der Waals surface area contributed by atoms with Crippen LogP contribution < -0.4 is 0 Å². The Hall–Kier alpha value is -1.15. The average Bonchev–Trinajstić information content (AvgIpc) is 2.62. The highest BCUT2D eigenvalue weighted by Crippen LogP contribution is 2.37. The maximum absolute atomic E-state index is 11.9. The average molecular weight is 450 g/mol. The van der Waals surface area contributed by atoms with Crippen molar-refractivity contribution in [2.45, 2.75) is 65.0 Å². The Labute approximate surface area is 170 Å². The number of ether oxygens (including phenoxy) is 3. The SMILES string of the molecule is CCOC(=O)CBr.CCOC(=O)CN1C2CCCC1CC(C(=O)OCC)C2. The highest BCUT2D eigenvalue weighted by Gasteiger charge is 2.41. The van der Waals surface area contributed by atoms with Crippen LogP contribution in [-0.4, -0.2) is 66.6 Å². The fourth-order valence-corrected chi connectivity index (χ4v) is 3.91. The summed E-state index contributed by atoms with van der Waals surface area (Å²) in [5, 5.41) is 0.292. The predicted molar refractivity (Wildman–Crippen MR) is 105 cm³/mol. The summed E-state index contributed by atoms with van der Waals surface area (Å²) in [6.07, 6.45) is 4.94. The van der Waals surface area contributed by atoms with Gasteiger partial charge in [-0.1, -0.05) is 22.4 Å². The molecule has 0 aliphatic carbocycles. The van der Waals surface area contributed by atoms with E-state index in [1.807, 2.05) is 13.8 Å². The molecule has 0 amide bonds.